The lowest BCUT2D eigenvalue weighted by Gasteiger charge is -2.64. The van der Waals surface area contributed by atoms with Crippen LogP contribution in [0.1, 0.15) is 258 Å². The monoisotopic (exact) mass is 1020 g/mol. The molecule has 26 rings (SSSR count). The third-order valence-electron chi connectivity index (χ3n) is 32.3. The van der Waals surface area contributed by atoms with Crippen molar-refractivity contribution in [2.75, 3.05) is 0 Å². The molecule has 75 heavy (non-hydrogen) atoms. The molecular formula is C72H106O3. The van der Waals surface area contributed by atoms with Gasteiger partial charge in [-0.05, 0) is 373 Å². The third kappa shape index (κ3) is 6.42. The molecule has 24 aliphatic carbocycles. The highest BCUT2D eigenvalue weighted by molar-refractivity contribution is 5.32. The van der Waals surface area contributed by atoms with E-state index >= 15 is 0 Å². The fraction of sp³-hybridized carbons (Fsp3) is 1.00. The minimum absolute atomic E-state index is 0.0945. The maximum absolute atomic E-state index is 9.57. The van der Waals surface area contributed by atoms with Crippen LogP contribution in [0.2, 0.25) is 0 Å². The highest BCUT2D eigenvalue weighted by Gasteiger charge is 2.85. The van der Waals surface area contributed by atoms with E-state index in [1.54, 1.807) is 154 Å². The lowest BCUT2D eigenvalue weighted by atomic mass is 9.41. The number of epoxide rings is 2. The molecular weight excluding hydrogens is 913 g/mol. The van der Waals surface area contributed by atoms with Crippen molar-refractivity contribution in [2.45, 2.75) is 293 Å². The van der Waals surface area contributed by atoms with Gasteiger partial charge in [0.05, 0.1) is 24.4 Å². The predicted molar refractivity (Wildman–Crippen MR) is 295 cm³/mol. The Morgan fingerprint density at radius 2 is 0.493 bits per heavy atom. The summed E-state index contributed by atoms with van der Waals surface area (Å²) in [4.78, 5) is 0. The van der Waals surface area contributed by atoms with Crippen LogP contribution in [0.25, 0.3) is 0 Å². The molecule has 8 atom stereocenters. The normalized spacial score (nSPS) is 64.9. The molecule has 8 unspecified atom stereocenters. The molecule has 0 spiro atoms. The second-order valence-corrected chi connectivity index (χ2v) is 37.7. The van der Waals surface area contributed by atoms with Crippen LogP contribution in [0.15, 0.2) is 0 Å². The molecule has 0 N–H and O–H groups in total. The van der Waals surface area contributed by atoms with E-state index in [2.05, 4.69) is 13.8 Å². The predicted octanol–water partition coefficient (Wildman–Crippen LogP) is 17.4. The van der Waals surface area contributed by atoms with E-state index in [0.717, 1.165) is 107 Å². The molecule has 2 saturated heterocycles. The Balaban J connectivity index is 0.774. The molecule has 24 bridgehead atoms. The molecule has 3 heteroatoms. The van der Waals surface area contributed by atoms with E-state index in [4.69, 9.17) is 9.47 Å². The van der Waals surface area contributed by atoms with Crippen LogP contribution in [0.3, 0.4) is 0 Å². The Morgan fingerprint density at radius 3 is 0.720 bits per heavy atom. The van der Waals surface area contributed by atoms with E-state index < -0.39 is 0 Å². The number of hydrogen-bond donors (Lipinski definition) is 0. The molecule has 2 aliphatic heterocycles. The van der Waals surface area contributed by atoms with Gasteiger partial charge in [-0.25, -0.2) is 0 Å². The van der Waals surface area contributed by atoms with Gasteiger partial charge < -0.3 is 14.2 Å². The summed E-state index contributed by atoms with van der Waals surface area (Å²) in [5.74, 6) is 18.8. The van der Waals surface area contributed by atoms with E-state index in [-0.39, 0.29) is 23.4 Å². The molecule has 26 aliphatic rings. The lowest BCUT2D eigenvalue weighted by molar-refractivity contribution is -0.219. The second kappa shape index (κ2) is 15.2. The fourth-order valence-electron chi connectivity index (χ4n) is 33.6. The summed E-state index contributed by atoms with van der Waals surface area (Å²) in [6, 6.07) is 0. The van der Waals surface area contributed by atoms with Crippen LogP contribution in [-0.2, 0) is 14.2 Å². The first-order valence-electron chi connectivity index (χ1n) is 35.3. The molecule has 0 aromatic carbocycles. The van der Waals surface area contributed by atoms with Crippen molar-refractivity contribution in [1.29, 1.82) is 0 Å². The summed E-state index contributed by atoms with van der Waals surface area (Å²) in [6.07, 6.45) is 59.6. The van der Waals surface area contributed by atoms with Gasteiger partial charge in [-0.3, -0.25) is 0 Å². The molecule has 24 saturated carbocycles. The zero-order valence-electron chi connectivity index (χ0n) is 48.0. The Hall–Kier alpha value is -0.120. The molecule has 2 heterocycles. The third-order valence-corrected chi connectivity index (χ3v) is 32.3. The maximum Gasteiger partial charge on any atom is 0.127 e. The minimum atomic E-state index is -0.0945. The van der Waals surface area contributed by atoms with Crippen LogP contribution in [0.4, 0.5) is 0 Å². The SMILES string of the molecule is CC(CC12CC3CC(CC(C3)C1)C2)C(OC(C(C)CC12CC3CC(CC(C3)C1)C2)C1(C23CC4CC(CC(C4)C2)C3)OC1C12CC3CC(CC(C3)C1)C2)C1(C23CC4CC(CC(C4)C2)C3)OC1C12CC3CC(CC(C3)C1)C2. The van der Waals surface area contributed by atoms with Gasteiger partial charge in [0.15, 0.2) is 0 Å². The Morgan fingerprint density at radius 1 is 0.293 bits per heavy atom. The molecule has 0 aromatic heterocycles. The Bertz CT molecular complexity index is 1980. The molecule has 0 radical (unpaired) electrons. The fourth-order valence-corrected chi connectivity index (χ4v) is 33.6. The summed E-state index contributed by atoms with van der Waals surface area (Å²) < 4.78 is 26.8. The van der Waals surface area contributed by atoms with Crippen molar-refractivity contribution in [2.24, 2.45) is 151 Å². The zero-order chi connectivity index (χ0) is 48.8. The average molecular weight is 1020 g/mol. The van der Waals surface area contributed by atoms with Crippen LogP contribution in [0, 0.1) is 151 Å². The minimum Gasteiger partial charge on any atom is -0.368 e. The Labute approximate surface area is 456 Å². The van der Waals surface area contributed by atoms with Crippen LogP contribution in [-0.4, -0.2) is 35.6 Å². The number of ether oxygens (including phenoxy) is 3. The number of hydrogen-bond acceptors (Lipinski definition) is 3. The van der Waals surface area contributed by atoms with Crippen LogP contribution < -0.4 is 0 Å². The highest BCUT2D eigenvalue weighted by Crippen LogP contribution is 2.81. The van der Waals surface area contributed by atoms with Gasteiger partial charge in [-0.1, -0.05) is 13.8 Å². The summed E-state index contributed by atoms with van der Waals surface area (Å²) in [5, 5.41) is 0. The molecule has 3 nitrogen and oxygen atoms in total. The molecule has 412 valence electrons. The van der Waals surface area contributed by atoms with E-state index in [1.807, 2.05) is 0 Å². The average Bonchev–Trinajstić information content (AvgIpc) is 4.25. The maximum atomic E-state index is 9.57. The first-order chi connectivity index (χ1) is 36.3. The highest BCUT2D eigenvalue weighted by atomic mass is 16.7. The Kier molecular flexibility index (Phi) is 9.37. The van der Waals surface area contributed by atoms with Gasteiger partial charge in [0, 0.05) is 21.7 Å². The van der Waals surface area contributed by atoms with Crippen molar-refractivity contribution < 1.29 is 14.2 Å². The summed E-state index contributed by atoms with van der Waals surface area (Å²) in [7, 11) is 0. The first kappa shape index (κ1) is 46.4. The second-order valence-electron chi connectivity index (χ2n) is 37.7. The van der Waals surface area contributed by atoms with E-state index in [1.165, 1.54) is 89.9 Å². The molecule has 0 aromatic rings. The van der Waals surface area contributed by atoms with Crippen molar-refractivity contribution in [3.8, 4) is 0 Å². The van der Waals surface area contributed by atoms with Gasteiger partial charge in [0.25, 0.3) is 0 Å². The van der Waals surface area contributed by atoms with Gasteiger partial charge in [-0.15, -0.1) is 0 Å². The first-order valence-corrected chi connectivity index (χ1v) is 35.3. The van der Waals surface area contributed by atoms with Gasteiger partial charge >= 0.3 is 0 Å². The zero-order valence-corrected chi connectivity index (χ0v) is 48.0. The van der Waals surface area contributed by atoms with Crippen LogP contribution >= 0.6 is 0 Å². The standard InChI is InChI=1S/C72H106O3/c1-41(21-65-23-43-3-44(24-65)5-45(4-43)25-65)61(71(69-35-55-15-56(36-69)17-57(16-55)37-69)63(74-71)67-29-49-9-50(30-67)11-51(10-49)31-67)73-62(42(2)22-66-26-46-6-47(27-66)8-48(7-46)28-66)72(70-38-58-18-59(39-70)20-60(19-58)40-70)64(75-72)68-32-52-12-53(33-68)14-54(13-52)34-68/h41-64H,3-40H2,1-2H3. The van der Waals surface area contributed by atoms with Gasteiger partial charge in [0.1, 0.15) is 11.2 Å². The molecule has 0 amide bonds. The summed E-state index contributed by atoms with van der Waals surface area (Å²) in [5.41, 5.74) is 2.39. The van der Waals surface area contributed by atoms with Crippen molar-refractivity contribution in [3.05, 3.63) is 0 Å². The lowest BCUT2D eigenvalue weighted by Crippen LogP contribution is -2.66. The van der Waals surface area contributed by atoms with Gasteiger partial charge in [0.2, 0.25) is 0 Å². The van der Waals surface area contributed by atoms with Crippen molar-refractivity contribution >= 4 is 0 Å². The van der Waals surface area contributed by atoms with E-state index in [0.29, 0.717) is 56.5 Å². The smallest absolute Gasteiger partial charge is 0.127 e. The topological polar surface area (TPSA) is 34.3 Å². The summed E-state index contributed by atoms with van der Waals surface area (Å²) in [6.45, 7) is 5.82. The largest absolute Gasteiger partial charge is 0.368 e. The molecule has 26 fully saturated rings. The van der Waals surface area contributed by atoms with Crippen LogP contribution in [0.5, 0.6) is 0 Å². The van der Waals surface area contributed by atoms with Crippen molar-refractivity contribution in [1.82, 2.24) is 0 Å². The number of rotatable bonds is 14. The summed E-state index contributed by atoms with van der Waals surface area (Å²) >= 11 is 0. The van der Waals surface area contributed by atoms with Crippen molar-refractivity contribution in [3.63, 3.8) is 0 Å². The van der Waals surface area contributed by atoms with E-state index in [9.17, 15) is 4.74 Å². The quantitative estimate of drug-likeness (QED) is 0.163. The van der Waals surface area contributed by atoms with Gasteiger partial charge in [-0.2, -0.15) is 0 Å².